The van der Waals surface area contributed by atoms with Crippen molar-refractivity contribution in [2.24, 2.45) is 5.73 Å². The van der Waals surface area contributed by atoms with E-state index in [-0.39, 0.29) is 0 Å². The molecule has 1 unspecified atom stereocenters. The topological polar surface area (TPSA) is 92.0 Å². The Morgan fingerprint density at radius 1 is 1.92 bits per heavy atom. The zero-order valence-corrected chi connectivity index (χ0v) is 6.74. The number of carbonyl (C=O) groups is 1. The molecule has 0 amide bonds. The van der Waals surface area contributed by atoms with Gasteiger partial charge in [-0.25, -0.2) is 4.98 Å². The molecular weight excluding hydrogens is 158 g/mol. The molecule has 12 heavy (non-hydrogen) atoms. The van der Waals surface area contributed by atoms with Crippen LogP contribution in [0.15, 0.2) is 6.20 Å². The summed E-state index contributed by atoms with van der Waals surface area (Å²) < 4.78 is 0. The third-order valence-electron chi connectivity index (χ3n) is 1.59. The molecule has 0 aliphatic rings. The minimum Gasteiger partial charge on any atom is -0.480 e. The Labute approximate surface area is 69.6 Å². The number of H-pyrrole nitrogens is 1. The first-order chi connectivity index (χ1) is 5.65. The molecule has 0 saturated carbocycles. The lowest BCUT2D eigenvalue weighted by Gasteiger charge is -2.00. The molecule has 0 aromatic carbocycles. The fourth-order valence-electron chi connectivity index (χ4n) is 0.831. The Morgan fingerprint density at radius 2 is 2.58 bits per heavy atom. The van der Waals surface area contributed by atoms with Gasteiger partial charge in [0, 0.05) is 11.9 Å². The van der Waals surface area contributed by atoms with Crippen molar-refractivity contribution in [3.63, 3.8) is 0 Å². The number of aromatic amines is 1. The summed E-state index contributed by atoms with van der Waals surface area (Å²) in [5.41, 5.74) is 6.20. The normalized spacial score (nSPS) is 12.8. The van der Waals surface area contributed by atoms with Gasteiger partial charge in [0.05, 0.1) is 0 Å². The van der Waals surface area contributed by atoms with Gasteiger partial charge >= 0.3 is 5.97 Å². The lowest BCUT2D eigenvalue weighted by molar-refractivity contribution is -0.138. The van der Waals surface area contributed by atoms with E-state index >= 15 is 0 Å². The van der Waals surface area contributed by atoms with Crippen LogP contribution in [-0.2, 0) is 11.2 Å². The van der Waals surface area contributed by atoms with Gasteiger partial charge in [-0.15, -0.1) is 0 Å². The quantitative estimate of drug-likeness (QED) is 0.596. The van der Waals surface area contributed by atoms with Crippen molar-refractivity contribution in [2.75, 3.05) is 0 Å². The van der Waals surface area contributed by atoms with Crippen molar-refractivity contribution in [2.45, 2.75) is 19.4 Å². The van der Waals surface area contributed by atoms with Crippen LogP contribution in [0.4, 0.5) is 0 Å². The van der Waals surface area contributed by atoms with E-state index in [1.54, 1.807) is 6.20 Å². The number of carboxylic acids is 1. The lowest BCUT2D eigenvalue weighted by atomic mass is 10.3. The van der Waals surface area contributed by atoms with E-state index < -0.39 is 12.0 Å². The molecule has 0 fully saturated rings. The molecular formula is C7H11N3O2. The molecule has 1 aromatic heterocycles. The second-order valence-corrected chi connectivity index (χ2v) is 2.46. The molecule has 0 saturated heterocycles. The SMILES string of the molecule is CCc1cnc(C(N)C(=O)O)[nH]1. The van der Waals surface area contributed by atoms with E-state index in [9.17, 15) is 4.79 Å². The molecule has 5 heteroatoms. The van der Waals surface area contributed by atoms with Gasteiger partial charge in [-0.1, -0.05) is 6.92 Å². The first kappa shape index (κ1) is 8.73. The van der Waals surface area contributed by atoms with Crippen LogP contribution >= 0.6 is 0 Å². The second-order valence-electron chi connectivity index (χ2n) is 2.46. The van der Waals surface area contributed by atoms with E-state index in [0.29, 0.717) is 5.82 Å². The average molecular weight is 169 g/mol. The standard InChI is InChI=1S/C7H11N3O2/c1-2-4-3-9-6(10-4)5(8)7(11)12/h3,5H,2,8H2,1H3,(H,9,10)(H,11,12). The number of aromatic nitrogens is 2. The highest BCUT2D eigenvalue weighted by Gasteiger charge is 2.16. The first-order valence-corrected chi connectivity index (χ1v) is 3.67. The summed E-state index contributed by atoms with van der Waals surface area (Å²) in [6.07, 6.45) is 2.39. The van der Waals surface area contributed by atoms with E-state index in [2.05, 4.69) is 9.97 Å². The molecule has 1 atom stereocenters. The molecule has 0 radical (unpaired) electrons. The summed E-state index contributed by atoms with van der Waals surface area (Å²) in [6.45, 7) is 1.95. The van der Waals surface area contributed by atoms with Crippen LogP contribution in [0.2, 0.25) is 0 Å². The second kappa shape index (κ2) is 3.36. The number of rotatable bonds is 3. The first-order valence-electron chi connectivity index (χ1n) is 3.67. The molecule has 1 heterocycles. The largest absolute Gasteiger partial charge is 0.480 e. The van der Waals surface area contributed by atoms with Crippen molar-refractivity contribution in [3.05, 3.63) is 17.7 Å². The monoisotopic (exact) mass is 169 g/mol. The van der Waals surface area contributed by atoms with E-state index in [4.69, 9.17) is 10.8 Å². The molecule has 4 N–H and O–H groups in total. The number of nitrogens with two attached hydrogens (primary N) is 1. The Hall–Kier alpha value is -1.36. The van der Waals surface area contributed by atoms with Gasteiger partial charge in [0.15, 0.2) is 6.04 Å². The maximum atomic E-state index is 10.4. The highest BCUT2D eigenvalue weighted by molar-refractivity contribution is 5.73. The van der Waals surface area contributed by atoms with Crippen LogP contribution in [0.3, 0.4) is 0 Å². The maximum Gasteiger partial charge on any atom is 0.328 e. The van der Waals surface area contributed by atoms with E-state index in [0.717, 1.165) is 12.1 Å². The summed E-state index contributed by atoms with van der Waals surface area (Å²) in [4.78, 5) is 17.1. The van der Waals surface area contributed by atoms with Gasteiger partial charge in [-0.2, -0.15) is 0 Å². The third-order valence-corrected chi connectivity index (χ3v) is 1.59. The van der Waals surface area contributed by atoms with Gasteiger partial charge in [0.2, 0.25) is 0 Å². The van der Waals surface area contributed by atoms with Crippen LogP contribution < -0.4 is 5.73 Å². The number of hydrogen-bond donors (Lipinski definition) is 3. The maximum absolute atomic E-state index is 10.4. The van der Waals surface area contributed by atoms with Crippen LogP contribution in [0.1, 0.15) is 24.5 Å². The number of aliphatic carboxylic acids is 1. The van der Waals surface area contributed by atoms with Crippen LogP contribution in [-0.4, -0.2) is 21.0 Å². The lowest BCUT2D eigenvalue weighted by Crippen LogP contribution is -2.21. The average Bonchev–Trinajstić information content (AvgIpc) is 2.50. The number of carboxylic acid groups (broad SMARTS) is 1. The fraction of sp³-hybridized carbons (Fsp3) is 0.429. The Morgan fingerprint density at radius 3 is 3.00 bits per heavy atom. The van der Waals surface area contributed by atoms with Gasteiger partial charge < -0.3 is 15.8 Å². The predicted octanol–water partition coefficient (Wildman–Crippen LogP) is 0.0565. The molecule has 1 aromatic rings. The third kappa shape index (κ3) is 1.62. The summed E-state index contributed by atoms with van der Waals surface area (Å²) in [5, 5.41) is 8.53. The molecule has 0 bridgehead atoms. The highest BCUT2D eigenvalue weighted by atomic mass is 16.4. The highest BCUT2D eigenvalue weighted by Crippen LogP contribution is 2.06. The summed E-state index contributed by atoms with van der Waals surface area (Å²) in [5.74, 6) is -0.772. The zero-order chi connectivity index (χ0) is 9.14. The number of nitrogens with zero attached hydrogens (tertiary/aromatic N) is 1. The molecule has 1 rings (SSSR count). The number of nitrogens with one attached hydrogen (secondary N) is 1. The Kier molecular flexibility index (Phi) is 2.44. The number of aryl methyl sites for hydroxylation is 1. The minimum absolute atomic E-state index is 0.305. The number of imidazole rings is 1. The van der Waals surface area contributed by atoms with Crippen LogP contribution in [0.5, 0.6) is 0 Å². The summed E-state index contributed by atoms with van der Waals surface area (Å²) in [6, 6.07) is -1.05. The molecule has 0 aliphatic heterocycles. The Balaban J connectivity index is 2.81. The number of hydrogen-bond acceptors (Lipinski definition) is 3. The zero-order valence-electron chi connectivity index (χ0n) is 6.74. The van der Waals surface area contributed by atoms with Crippen molar-refractivity contribution in [3.8, 4) is 0 Å². The van der Waals surface area contributed by atoms with Gasteiger partial charge in [-0.05, 0) is 6.42 Å². The van der Waals surface area contributed by atoms with E-state index in [1.807, 2.05) is 6.92 Å². The van der Waals surface area contributed by atoms with Gasteiger partial charge in [0.1, 0.15) is 5.82 Å². The van der Waals surface area contributed by atoms with Gasteiger partial charge in [0.25, 0.3) is 0 Å². The summed E-state index contributed by atoms with van der Waals surface area (Å²) in [7, 11) is 0. The molecule has 5 nitrogen and oxygen atoms in total. The van der Waals surface area contributed by atoms with Crippen molar-refractivity contribution < 1.29 is 9.90 Å². The van der Waals surface area contributed by atoms with Crippen LogP contribution in [0.25, 0.3) is 0 Å². The molecule has 0 aliphatic carbocycles. The van der Waals surface area contributed by atoms with Crippen LogP contribution in [0, 0.1) is 0 Å². The van der Waals surface area contributed by atoms with Crippen molar-refractivity contribution >= 4 is 5.97 Å². The molecule has 0 spiro atoms. The minimum atomic E-state index is -1.08. The smallest absolute Gasteiger partial charge is 0.328 e. The van der Waals surface area contributed by atoms with Gasteiger partial charge in [-0.3, -0.25) is 4.79 Å². The van der Waals surface area contributed by atoms with Crippen molar-refractivity contribution in [1.82, 2.24) is 9.97 Å². The molecule has 66 valence electrons. The van der Waals surface area contributed by atoms with E-state index in [1.165, 1.54) is 0 Å². The predicted molar refractivity (Wildman–Crippen MR) is 42.5 cm³/mol. The fourth-order valence-corrected chi connectivity index (χ4v) is 0.831. The Bertz CT molecular complexity index is 282. The summed E-state index contributed by atoms with van der Waals surface area (Å²) >= 11 is 0. The van der Waals surface area contributed by atoms with Crippen molar-refractivity contribution in [1.29, 1.82) is 0 Å².